The van der Waals surface area contributed by atoms with Crippen LogP contribution >= 0.6 is 31.9 Å². The molecule has 0 spiro atoms. The molecule has 1 unspecified atom stereocenters. The third-order valence-electron chi connectivity index (χ3n) is 3.21. The summed E-state index contributed by atoms with van der Waals surface area (Å²) in [6, 6.07) is 2.22. The molecule has 94 valence electrons. The van der Waals surface area contributed by atoms with Crippen molar-refractivity contribution in [3.05, 3.63) is 55.8 Å². The summed E-state index contributed by atoms with van der Waals surface area (Å²) in [6.45, 7) is 5.92. The summed E-state index contributed by atoms with van der Waals surface area (Å²) in [5, 5.41) is 2.64. The summed E-state index contributed by atoms with van der Waals surface area (Å²) >= 11 is 7.45. The second-order valence-electron chi connectivity index (χ2n) is 4.48. The van der Waals surface area contributed by atoms with E-state index in [1.54, 1.807) is 0 Å². The third kappa shape index (κ3) is 2.70. The summed E-state index contributed by atoms with van der Waals surface area (Å²) in [4.78, 5) is 0. The average Bonchev–Trinajstić information content (AvgIpc) is 2.40. The molecular formula is C16H16Br2. The van der Waals surface area contributed by atoms with Crippen molar-refractivity contribution in [1.82, 2.24) is 0 Å². The van der Waals surface area contributed by atoms with Crippen molar-refractivity contribution >= 4 is 44.0 Å². The van der Waals surface area contributed by atoms with Crippen molar-refractivity contribution in [2.45, 2.75) is 25.7 Å². The molecule has 0 aliphatic heterocycles. The van der Waals surface area contributed by atoms with Gasteiger partial charge in [0.1, 0.15) is 0 Å². The number of fused-ring (bicyclic) bond motifs is 1. The third-order valence-corrected chi connectivity index (χ3v) is 4.75. The predicted molar refractivity (Wildman–Crippen MR) is 87.0 cm³/mol. The van der Waals surface area contributed by atoms with E-state index in [-0.39, 0.29) is 0 Å². The van der Waals surface area contributed by atoms with E-state index in [2.05, 4.69) is 69.7 Å². The van der Waals surface area contributed by atoms with Crippen molar-refractivity contribution in [1.29, 1.82) is 0 Å². The van der Waals surface area contributed by atoms with Gasteiger partial charge in [0.25, 0.3) is 0 Å². The van der Waals surface area contributed by atoms with Crippen LogP contribution in [0.5, 0.6) is 0 Å². The molecular weight excluding hydrogens is 352 g/mol. The zero-order valence-corrected chi connectivity index (χ0v) is 13.6. The number of benzene rings is 1. The van der Waals surface area contributed by atoms with Crippen LogP contribution in [-0.4, -0.2) is 0 Å². The second kappa shape index (κ2) is 6.03. The molecule has 0 fully saturated rings. The summed E-state index contributed by atoms with van der Waals surface area (Å²) in [5.74, 6) is 0.370. The summed E-state index contributed by atoms with van der Waals surface area (Å²) in [6.07, 6.45) is 12.9. The first-order valence-corrected chi connectivity index (χ1v) is 7.71. The van der Waals surface area contributed by atoms with Crippen LogP contribution in [0, 0.1) is 0 Å². The van der Waals surface area contributed by atoms with E-state index in [4.69, 9.17) is 0 Å². The van der Waals surface area contributed by atoms with Crippen LogP contribution in [0.4, 0.5) is 0 Å². The molecule has 0 saturated carbocycles. The SMILES string of the molecule is C=C/C=C\C(C)c1cc(Br)c2c(c1Br)=CCCC=2. The van der Waals surface area contributed by atoms with Crippen LogP contribution in [0.25, 0.3) is 12.2 Å². The van der Waals surface area contributed by atoms with Gasteiger partial charge in [-0.25, -0.2) is 0 Å². The fourth-order valence-electron chi connectivity index (χ4n) is 2.22. The van der Waals surface area contributed by atoms with E-state index in [0.717, 1.165) is 12.8 Å². The van der Waals surface area contributed by atoms with Gasteiger partial charge in [-0.3, -0.25) is 0 Å². The van der Waals surface area contributed by atoms with Gasteiger partial charge >= 0.3 is 0 Å². The number of hydrogen-bond acceptors (Lipinski definition) is 0. The smallest absolute Gasteiger partial charge is 0.0289 e. The first-order valence-electron chi connectivity index (χ1n) is 6.12. The van der Waals surface area contributed by atoms with E-state index in [0.29, 0.717) is 5.92 Å². The lowest BCUT2D eigenvalue weighted by Crippen LogP contribution is -2.30. The number of hydrogen-bond donors (Lipinski definition) is 0. The van der Waals surface area contributed by atoms with Crippen LogP contribution in [-0.2, 0) is 0 Å². The normalized spacial score (nSPS) is 15.7. The number of allylic oxidation sites excluding steroid dienone is 3. The fourth-order valence-corrected chi connectivity index (χ4v) is 3.70. The summed E-state index contributed by atoms with van der Waals surface area (Å²) in [7, 11) is 0. The summed E-state index contributed by atoms with van der Waals surface area (Å²) in [5.41, 5.74) is 1.31. The first-order chi connectivity index (χ1) is 8.65. The van der Waals surface area contributed by atoms with Crippen molar-refractivity contribution in [2.75, 3.05) is 0 Å². The van der Waals surface area contributed by atoms with Gasteiger partial charge in [-0.05, 0) is 50.8 Å². The highest BCUT2D eigenvalue weighted by molar-refractivity contribution is 9.11. The number of halogens is 2. The Balaban J connectivity index is 2.62. The van der Waals surface area contributed by atoms with Crippen molar-refractivity contribution in [3.63, 3.8) is 0 Å². The van der Waals surface area contributed by atoms with Gasteiger partial charge in [0.2, 0.25) is 0 Å². The second-order valence-corrected chi connectivity index (χ2v) is 6.13. The van der Waals surface area contributed by atoms with Gasteiger partial charge in [-0.1, -0.05) is 59.8 Å². The average molecular weight is 368 g/mol. The van der Waals surface area contributed by atoms with E-state index in [1.165, 1.54) is 24.9 Å². The van der Waals surface area contributed by atoms with Gasteiger partial charge in [-0.15, -0.1) is 0 Å². The van der Waals surface area contributed by atoms with Gasteiger partial charge in [0.15, 0.2) is 0 Å². The zero-order valence-electron chi connectivity index (χ0n) is 10.4. The predicted octanol–water partition coefficient (Wildman–Crippen LogP) is 4.41. The molecule has 0 saturated heterocycles. The molecule has 0 radical (unpaired) electrons. The Morgan fingerprint density at radius 3 is 2.56 bits per heavy atom. The lowest BCUT2D eigenvalue weighted by atomic mass is 9.97. The largest absolute Gasteiger partial charge is 0.0991 e. The van der Waals surface area contributed by atoms with E-state index < -0.39 is 0 Å². The van der Waals surface area contributed by atoms with Crippen LogP contribution in [0.1, 0.15) is 31.2 Å². The fraction of sp³-hybridized carbons (Fsp3) is 0.250. The minimum Gasteiger partial charge on any atom is -0.0991 e. The van der Waals surface area contributed by atoms with Crippen LogP contribution < -0.4 is 10.4 Å². The lowest BCUT2D eigenvalue weighted by molar-refractivity contribution is 0.949. The highest BCUT2D eigenvalue weighted by Crippen LogP contribution is 2.25. The van der Waals surface area contributed by atoms with Gasteiger partial charge in [-0.2, -0.15) is 0 Å². The minimum absolute atomic E-state index is 0.370. The first kappa shape index (κ1) is 13.8. The minimum atomic E-state index is 0.370. The van der Waals surface area contributed by atoms with Gasteiger partial charge in [0.05, 0.1) is 0 Å². The summed E-state index contributed by atoms with van der Waals surface area (Å²) < 4.78 is 2.41. The molecule has 0 heterocycles. The Labute approximate surface area is 125 Å². The number of rotatable bonds is 3. The molecule has 2 rings (SSSR count). The molecule has 2 heteroatoms. The Morgan fingerprint density at radius 2 is 1.89 bits per heavy atom. The molecule has 1 aliphatic carbocycles. The highest BCUT2D eigenvalue weighted by atomic mass is 79.9. The lowest BCUT2D eigenvalue weighted by Gasteiger charge is -2.14. The molecule has 1 aromatic rings. The van der Waals surface area contributed by atoms with Gasteiger partial charge < -0.3 is 0 Å². The Bertz CT molecular complexity index is 609. The van der Waals surface area contributed by atoms with Crippen molar-refractivity contribution in [2.24, 2.45) is 0 Å². The molecule has 1 aromatic carbocycles. The molecule has 0 amide bonds. The van der Waals surface area contributed by atoms with Crippen LogP contribution in [0.3, 0.4) is 0 Å². The Hall–Kier alpha value is -0.600. The van der Waals surface area contributed by atoms with Crippen LogP contribution in [0.15, 0.2) is 39.8 Å². The van der Waals surface area contributed by atoms with Crippen molar-refractivity contribution < 1.29 is 0 Å². The standard InChI is InChI=1S/C16H16Br2/c1-3-4-7-11(2)14-10-15(17)12-8-5-6-9-13(12)16(14)18/h3-4,7-11H,1,5-6H2,2H3/b7-4-. The maximum Gasteiger partial charge on any atom is 0.0289 e. The Morgan fingerprint density at radius 1 is 1.22 bits per heavy atom. The molecule has 0 N–H and O–H groups in total. The molecule has 0 aromatic heterocycles. The Kier molecular flexibility index (Phi) is 4.63. The van der Waals surface area contributed by atoms with Gasteiger partial charge in [0, 0.05) is 14.9 Å². The van der Waals surface area contributed by atoms with Crippen LogP contribution in [0.2, 0.25) is 0 Å². The molecule has 0 bridgehead atoms. The maximum absolute atomic E-state index is 3.76. The topological polar surface area (TPSA) is 0 Å². The maximum atomic E-state index is 3.76. The van der Waals surface area contributed by atoms with Crippen molar-refractivity contribution in [3.8, 4) is 0 Å². The zero-order chi connectivity index (χ0) is 13.1. The van der Waals surface area contributed by atoms with E-state index in [9.17, 15) is 0 Å². The monoisotopic (exact) mass is 366 g/mol. The molecule has 18 heavy (non-hydrogen) atoms. The highest BCUT2D eigenvalue weighted by Gasteiger charge is 2.11. The van der Waals surface area contributed by atoms with E-state index in [1.807, 2.05) is 12.2 Å². The molecule has 1 atom stereocenters. The molecule has 1 aliphatic rings. The van der Waals surface area contributed by atoms with E-state index >= 15 is 0 Å². The molecule has 0 nitrogen and oxygen atoms in total. The quantitative estimate of drug-likeness (QED) is 0.694.